The zero-order valence-corrected chi connectivity index (χ0v) is 17.7. The van der Waals surface area contributed by atoms with Crippen LogP contribution in [0.5, 0.6) is 0 Å². The highest BCUT2D eigenvalue weighted by Crippen LogP contribution is 2.30. The third kappa shape index (κ3) is 5.24. The first-order valence-corrected chi connectivity index (χ1v) is 10.8. The van der Waals surface area contributed by atoms with Crippen molar-refractivity contribution >= 4 is 0 Å². The molecule has 1 saturated carbocycles. The van der Waals surface area contributed by atoms with E-state index >= 15 is 0 Å². The zero-order chi connectivity index (χ0) is 23.7. The second-order valence-corrected chi connectivity index (χ2v) is 8.78. The quantitative estimate of drug-likeness (QED) is 0.174. The van der Waals surface area contributed by atoms with Crippen LogP contribution in [0.3, 0.4) is 0 Å². The number of nitrogens with two attached hydrogens (primary N) is 5. The Hall–Kier alpha value is -0.560. The van der Waals surface area contributed by atoms with Gasteiger partial charge in [0.2, 0.25) is 0 Å². The van der Waals surface area contributed by atoms with Crippen LogP contribution in [0.2, 0.25) is 0 Å². The average molecular weight is 468 g/mol. The molecule has 14 atom stereocenters. The summed E-state index contributed by atoms with van der Waals surface area (Å²) < 4.78 is 22.7. The maximum absolute atomic E-state index is 11.0. The Labute approximate surface area is 185 Å². The van der Waals surface area contributed by atoms with Crippen molar-refractivity contribution in [3.63, 3.8) is 0 Å². The van der Waals surface area contributed by atoms with Gasteiger partial charge in [-0.25, -0.2) is 0 Å². The SMILES string of the molecule is NC[C@H]1O[C@H](O[C@H]2[C@H](O)[C@@H](O[C@H]3O[C@H](CO)[C@@H](O)C(N)[C@H]3O)[C@H](N)C[C@@H]2N)[C@H](N)C[C@@H]1O. The van der Waals surface area contributed by atoms with Crippen LogP contribution >= 0.6 is 0 Å². The van der Waals surface area contributed by atoms with Crippen molar-refractivity contribution in [3.8, 4) is 0 Å². The van der Waals surface area contributed by atoms with Crippen molar-refractivity contribution < 1.29 is 44.5 Å². The molecule has 2 saturated heterocycles. The van der Waals surface area contributed by atoms with Gasteiger partial charge >= 0.3 is 0 Å². The summed E-state index contributed by atoms with van der Waals surface area (Å²) in [6.45, 7) is -0.499. The van der Waals surface area contributed by atoms with E-state index < -0.39 is 92.2 Å². The molecule has 0 spiro atoms. The van der Waals surface area contributed by atoms with Crippen molar-refractivity contribution in [3.05, 3.63) is 0 Å². The maximum atomic E-state index is 11.0. The van der Waals surface area contributed by atoms with E-state index in [1.807, 2.05) is 0 Å². The van der Waals surface area contributed by atoms with E-state index in [-0.39, 0.29) is 19.4 Å². The summed E-state index contributed by atoms with van der Waals surface area (Å²) in [6.07, 6.45) is -10.8. The van der Waals surface area contributed by atoms with E-state index in [4.69, 9.17) is 47.6 Å². The van der Waals surface area contributed by atoms with Crippen molar-refractivity contribution in [2.75, 3.05) is 13.2 Å². The highest BCUT2D eigenvalue weighted by molar-refractivity contribution is 5.01. The van der Waals surface area contributed by atoms with E-state index in [1.165, 1.54) is 0 Å². The van der Waals surface area contributed by atoms with Gasteiger partial charge < -0.3 is 73.1 Å². The normalized spacial score (nSPS) is 52.7. The molecule has 14 heteroatoms. The summed E-state index contributed by atoms with van der Waals surface area (Å²) in [6, 6.07) is -3.27. The zero-order valence-electron chi connectivity index (χ0n) is 17.7. The molecule has 3 aliphatic rings. The van der Waals surface area contributed by atoms with Crippen LogP contribution in [-0.2, 0) is 18.9 Å². The first-order chi connectivity index (χ1) is 15.1. The fraction of sp³-hybridized carbons (Fsp3) is 1.00. The van der Waals surface area contributed by atoms with E-state index in [2.05, 4.69) is 0 Å². The minimum absolute atomic E-state index is 0.0542. The highest BCUT2D eigenvalue weighted by Gasteiger charge is 2.50. The Kier molecular flexibility index (Phi) is 8.79. The van der Waals surface area contributed by atoms with Crippen LogP contribution in [0.1, 0.15) is 12.8 Å². The van der Waals surface area contributed by atoms with Crippen molar-refractivity contribution in [1.82, 2.24) is 0 Å². The number of ether oxygens (including phenoxy) is 4. The number of rotatable bonds is 6. The monoisotopic (exact) mass is 467 g/mol. The van der Waals surface area contributed by atoms with Crippen LogP contribution in [0.25, 0.3) is 0 Å². The van der Waals surface area contributed by atoms with E-state index in [1.54, 1.807) is 0 Å². The van der Waals surface area contributed by atoms with Crippen molar-refractivity contribution in [2.45, 2.75) is 98.4 Å². The summed E-state index contributed by atoms with van der Waals surface area (Å²) in [5, 5.41) is 50.7. The lowest BCUT2D eigenvalue weighted by Gasteiger charge is -2.47. The summed E-state index contributed by atoms with van der Waals surface area (Å²) in [7, 11) is 0. The van der Waals surface area contributed by atoms with Gasteiger partial charge in [0.25, 0.3) is 0 Å². The second-order valence-electron chi connectivity index (χ2n) is 8.78. The van der Waals surface area contributed by atoms with Gasteiger partial charge in [0.05, 0.1) is 30.9 Å². The van der Waals surface area contributed by atoms with Crippen molar-refractivity contribution in [2.24, 2.45) is 28.7 Å². The van der Waals surface area contributed by atoms with Crippen molar-refractivity contribution in [1.29, 1.82) is 0 Å². The minimum Gasteiger partial charge on any atom is -0.394 e. The number of aliphatic hydroxyl groups excluding tert-OH is 5. The first-order valence-electron chi connectivity index (χ1n) is 10.8. The molecule has 1 unspecified atom stereocenters. The molecule has 3 fully saturated rings. The molecule has 0 bridgehead atoms. The van der Waals surface area contributed by atoms with Crippen LogP contribution in [-0.4, -0.2) is 124 Å². The molecule has 2 aliphatic heterocycles. The smallest absolute Gasteiger partial charge is 0.186 e. The molecular formula is C18H37N5O9. The molecular weight excluding hydrogens is 430 g/mol. The molecule has 0 aromatic rings. The number of hydrogen-bond donors (Lipinski definition) is 10. The topological polar surface area (TPSA) is 268 Å². The van der Waals surface area contributed by atoms with Gasteiger partial charge in [-0.1, -0.05) is 0 Å². The van der Waals surface area contributed by atoms with Crippen LogP contribution in [0.15, 0.2) is 0 Å². The lowest BCUT2D eigenvalue weighted by atomic mass is 9.84. The molecule has 0 aromatic carbocycles. The van der Waals surface area contributed by atoms with Crippen LogP contribution in [0, 0.1) is 0 Å². The van der Waals surface area contributed by atoms with Gasteiger partial charge in [0.15, 0.2) is 12.6 Å². The Morgan fingerprint density at radius 2 is 1.28 bits per heavy atom. The predicted octanol–water partition coefficient (Wildman–Crippen LogP) is -6.30. The van der Waals surface area contributed by atoms with Gasteiger partial charge in [-0.05, 0) is 12.8 Å². The third-order valence-corrected chi connectivity index (χ3v) is 6.41. The lowest BCUT2D eigenvalue weighted by molar-refractivity contribution is -0.314. The van der Waals surface area contributed by atoms with Gasteiger partial charge in [0, 0.05) is 18.6 Å². The van der Waals surface area contributed by atoms with Crippen LogP contribution in [0.4, 0.5) is 0 Å². The lowest BCUT2D eigenvalue weighted by Crippen LogP contribution is -2.68. The van der Waals surface area contributed by atoms with E-state index in [0.29, 0.717) is 0 Å². The third-order valence-electron chi connectivity index (χ3n) is 6.41. The molecule has 2 heterocycles. The van der Waals surface area contributed by atoms with Gasteiger partial charge in [0.1, 0.15) is 36.6 Å². The average Bonchev–Trinajstić information content (AvgIpc) is 2.75. The first kappa shape index (κ1) is 26.1. The molecule has 188 valence electrons. The van der Waals surface area contributed by atoms with Gasteiger partial charge in [-0.15, -0.1) is 0 Å². The van der Waals surface area contributed by atoms with Crippen LogP contribution < -0.4 is 28.7 Å². The summed E-state index contributed by atoms with van der Waals surface area (Å²) in [4.78, 5) is 0. The molecule has 15 N–H and O–H groups in total. The molecule has 0 aromatic heterocycles. The maximum Gasteiger partial charge on any atom is 0.186 e. The summed E-state index contributed by atoms with van der Waals surface area (Å²) in [5.41, 5.74) is 29.8. The molecule has 0 amide bonds. The predicted molar refractivity (Wildman–Crippen MR) is 108 cm³/mol. The minimum atomic E-state index is -1.44. The fourth-order valence-corrected chi connectivity index (χ4v) is 4.43. The Balaban J connectivity index is 1.70. The van der Waals surface area contributed by atoms with E-state index in [0.717, 1.165) is 0 Å². The van der Waals surface area contributed by atoms with Gasteiger partial charge in [-0.3, -0.25) is 0 Å². The summed E-state index contributed by atoms with van der Waals surface area (Å²) >= 11 is 0. The second kappa shape index (κ2) is 10.8. The Morgan fingerprint density at radius 1 is 0.719 bits per heavy atom. The number of aliphatic hydroxyl groups is 5. The van der Waals surface area contributed by atoms with E-state index in [9.17, 15) is 25.5 Å². The standard InChI is InChI=1S/C18H37N5O9/c19-3-9-8(25)2-7(22)17(29-9)31-15-5(20)1-6(21)16(14(15)28)32-18-13(27)11(23)12(26)10(4-24)30-18/h5-18,24-28H,1-4,19-23H2/t5-,6+,7+,8-,9+,10+,11?,12+,13+,14-,15+,16-,17+,18+/m0/s1. The molecule has 32 heavy (non-hydrogen) atoms. The molecule has 14 nitrogen and oxygen atoms in total. The fourth-order valence-electron chi connectivity index (χ4n) is 4.43. The molecule has 0 radical (unpaired) electrons. The number of hydrogen-bond acceptors (Lipinski definition) is 14. The Bertz CT molecular complexity index is 607. The molecule has 1 aliphatic carbocycles. The largest absolute Gasteiger partial charge is 0.394 e. The molecule has 3 rings (SSSR count). The summed E-state index contributed by atoms with van der Waals surface area (Å²) in [5.74, 6) is 0. The Morgan fingerprint density at radius 3 is 1.84 bits per heavy atom. The highest BCUT2D eigenvalue weighted by atomic mass is 16.7. The van der Waals surface area contributed by atoms with Gasteiger partial charge in [-0.2, -0.15) is 0 Å².